The molecule has 0 atom stereocenters. The lowest BCUT2D eigenvalue weighted by molar-refractivity contribution is -0.124. The Kier molecular flexibility index (Phi) is 8.33. The molecule has 2 aromatic carbocycles. The van der Waals surface area contributed by atoms with Crippen LogP contribution in [0.1, 0.15) is 5.56 Å². The highest BCUT2D eigenvalue weighted by Crippen LogP contribution is 2.33. The summed E-state index contributed by atoms with van der Waals surface area (Å²) in [5.41, 5.74) is 1.82. The second-order valence-electron chi connectivity index (χ2n) is 8.17. The molecule has 184 valence electrons. The molecule has 0 unspecified atom stereocenters. The van der Waals surface area contributed by atoms with Crippen molar-refractivity contribution in [3.63, 3.8) is 0 Å². The van der Waals surface area contributed by atoms with Crippen molar-refractivity contribution in [3.8, 4) is 5.75 Å². The summed E-state index contributed by atoms with van der Waals surface area (Å²) in [5.74, 6) is 0.332. The van der Waals surface area contributed by atoms with Gasteiger partial charge in [0.2, 0.25) is 5.91 Å². The summed E-state index contributed by atoms with van der Waals surface area (Å²) in [5, 5.41) is 2.98. The minimum absolute atomic E-state index is 0.124. The van der Waals surface area contributed by atoms with Gasteiger partial charge in [-0.05, 0) is 53.7 Å². The van der Waals surface area contributed by atoms with Crippen molar-refractivity contribution in [2.24, 2.45) is 0 Å². The molecule has 2 aliphatic heterocycles. The molecule has 10 heteroatoms. The fourth-order valence-corrected chi connectivity index (χ4v) is 5.00. The summed E-state index contributed by atoms with van der Waals surface area (Å²) >= 11 is 7.03. The molecule has 3 amide bonds. The number of nitrogens with zero attached hydrogens (tertiary/aromatic N) is 3. The average Bonchev–Trinajstić information content (AvgIpc) is 3.13. The van der Waals surface area contributed by atoms with Gasteiger partial charge in [-0.2, -0.15) is 0 Å². The molecule has 0 aliphatic carbocycles. The molecular weight excluding hydrogens is 488 g/mol. The van der Waals surface area contributed by atoms with Gasteiger partial charge in [0.1, 0.15) is 5.75 Å². The Labute approximate surface area is 213 Å². The van der Waals surface area contributed by atoms with Crippen LogP contribution in [0.4, 0.5) is 10.5 Å². The third-order valence-corrected chi connectivity index (χ3v) is 7.15. The van der Waals surface area contributed by atoms with E-state index in [-0.39, 0.29) is 36.7 Å². The number of amides is 3. The van der Waals surface area contributed by atoms with Crippen LogP contribution >= 0.6 is 23.4 Å². The van der Waals surface area contributed by atoms with Crippen LogP contribution in [0.15, 0.2) is 53.4 Å². The maximum atomic E-state index is 12.6. The average molecular weight is 515 g/mol. The molecule has 1 N–H and O–H groups in total. The third-order valence-electron chi connectivity index (χ3n) is 5.90. The van der Waals surface area contributed by atoms with Crippen LogP contribution in [-0.4, -0.2) is 79.8 Å². The Morgan fingerprint density at radius 2 is 1.80 bits per heavy atom. The summed E-state index contributed by atoms with van der Waals surface area (Å²) in [6, 6.07) is 15.1. The summed E-state index contributed by atoms with van der Waals surface area (Å²) in [6.45, 7) is 3.82. The van der Waals surface area contributed by atoms with Crippen molar-refractivity contribution in [2.45, 2.75) is 0 Å². The molecular formula is C25H27ClN4O4S. The normalized spacial score (nSPS) is 17.8. The lowest BCUT2D eigenvalue weighted by Gasteiger charge is -2.35. The number of nitrogens with one attached hydrogen (secondary N) is 1. The van der Waals surface area contributed by atoms with Gasteiger partial charge < -0.3 is 15.0 Å². The molecule has 0 spiro atoms. The van der Waals surface area contributed by atoms with Crippen LogP contribution in [0.3, 0.4) is 0 Å². The summed E-state index contributed by atoms with van der Waals surface area (Å²) in [6.07, 6.45) is 1.62. The minimum Gasteiger partial charge on any atom is -0.497 e. The first-order valence-corrected chi connectivity index (χ1v) is 12.5. The fraction of sp³-hybridized carbons (Fsp3) is 0.320. The number of methoxy groups -OCH3 is 1. The Hall–Kier alpha value is -3.01. The molecule has 0 saturated carbocycles. The van der Waals surface area contributed by atoms with E-state index >= 15 is 0 Å². The summed E-state index contributed by atoms with van der Waals surface area (Å²) < 4.78 is 5.21. The van der Waals surface area contributed by atoms with Crippen molar-refractivity contribution < 1.29 is 19.1 Å². The first kappa shape index (κ1) is 25.1. The number of carbonyl (C=O) groups excluding carboxylic acids is 3. The van der Waals surface area contributed by atoms with Crippen molar-refractivity contribution in [1.29, 1.82) is 0 Å². The largest absolute Gasteiger partial charge is 0.497 e. The van der Waals surface area contributed by atoms with Crippen molar-refractivity contribution in [2.75, 3.05) is 57.8 Å². The first-order valence-electron chi connectivity index (χ1n) is 11.3. The standard InChI is InChI=1S/C25H27ClN4O4S/c1-34-20-8-6-19(7-9-20)29-14-12-28(13-15-29)17-23(31)27-10-11-30-24(32)22(35-25(30)33)16-18-4-2-3-5-21(18)26/h2-9,16H,10-15,17H2,1H3,(H,27,31). The predicted molar refractivity (Wildman–Crippen MR) is 139 cm³/mol. The number of rotatable bonds is 8. The smallest absolute Gasteiger partial charge is 0.293 e. The number of halogens is 1. The lowest BCUT2D eigenvalue weighted by atomic mass is 10.2. The van der Waals surface area contributed by atoms with Gasteiger partial charge in [0, 0.05) is 50.0 Å². The highest BCUT2D eigenvalue weighted by Gasteiger charge is 2.34. The van der Waals surface area contributed by atoms with Gasteiger partial charge >= 0.3 is 0 Å². The Bertz CT molecular complexity index is 1120. The zero-order valence-electron chi connectivity index (χ0n) is 19.4. The van der Waals surface area contributed by atoms with E-state index in [1.165, 1.54) is 0 Å². The highest BCUT2D eigenvalue weighted by molar-refractivity contribution is 8.18. The van der Waals surface area contributed by atoms with E-state index in [9.17, 15) is 14.4 Å². The molecule has 2 saturated heterocycles. The molecule has 2 aromatic rings. The number of benzene rings is 2. The zero-order chi connectivity index (χ0) is 24.8. The Morgan fingerprint density at radius 1 is 1.09 bits per heavy atom. The van der Waals surface area contributed by atoms with Gasteiger partial charge in [-0.15, -0.1) is 0 Å². The first-order chi connectivity index (χ1) is 16.9. The monoisotopic (exact) mass is 514 g/mol. The molecule has 8 nitrogen and oxygen atoms in total. The predicted octanol–water partition coefficient (Wildman–Crippen LogP) is 3.32. The molecule has 0 radical (unpaired) electrons. The number of imide groups is 1. The van der Waals surface area contributed by atoms with E-state index in [1.54, 1.807) is 31.4 Å². The lowest BCUT2D eigenvalue weighted by Crippen LogP contribution is -2.50. The molecule has 4 rings (SSSR count). The van der Waals surface area contributed by atoms with Crippen LogP contribution in [0.2, 0.25) is 5.02 Å². The van der Waals surface area contributed by atoms with Crippen molar-refractivity contribution in [3.05, 3.63) is 64.0 Å². The van der Waals surface area contributed by atoms with Gasteiger partial charge in [0.15, 0.2) is 0 Å². The maximum absolute atomic E-state index is 12.6. The minimum atomic E-state index is -0.371. The van der Waals surface area contributed by atoms with Crippen LogP contribution in [0, 0.1) is 0 Å². The second kappa shape index (κ2) is 11.6. The van der Waals surface area contributed by atoms with Gasteiger partial charge in [-0.25, -0.2) is 0 Å². The van der Waals surface area contributed by atoms with Crippen molar-refractivity contribution >= 4 is 52.2 Å². The number of ether oxygens (including phenoxy) is 1. The number of piperazine rings is 1. The highest BCUT2D eigenvalue weighted by atomic mass is 35.5. The van der Waals surface area contributed by atoms with E-state index < -0.39 is 0 Å². The molecule has 0 bridgehead atoms. The topological polar surface area (TPSA) is 82.2 Å². The SMILES string of the molecule is COc1ccc(N2CCN(CC(=O)NCCN3C(=O)SC(=Cc4ccccc4Cl)C3=O)CC2)cc1. The fourth-order valence-electron chi connectivity index (χ4n) is 3.95. The van der Waals surface area contributed by atoms with E-state index in [0.29, 0.717) is 15.5 Å². The molecule has 35 heavy (non-hydrogen) atoms. The van der Waals surface area contributed by atoms with E-state index in [1.807, 2.05) is 30.3 Å². The zero-order valence-corrected chi connectivity index (χ0v) is 21.0. The van der Waals surface area contributed by atoms with E-state index in [2.05, 4.69) is 15.1 Å². The number of hydrogen-bond acceptors (Lipinski definition) is 7. The quantitative estimate of drug-likeness (QED) is 0.541. The summed E-state index contributed by atoms with van der Waals surface area (Å²) in [7, 11) is 1.65. The number of carbonyl (C=O) groups is 3. The third kappa shape index (κ3) is 6.36. The van der Waals surface area contributed by atoms with Crippen LogP contribution < -0.4 is 15.0 Å². The Morgan fingerprint density at radius 3 is 2.49 bits per heavy atom. The van der Waals surface area contributed by atoms with Crippen LogP contribution in [0.5, 0.6) is 5.75 Å². The van der Waals surface area contributed by atoms with E-state index in [4.69, 9.17) is 16.3 Å². The number of thioether (sulfide) groups is 1. The second-order valence-corrected chi connectivity index (χ2v) is 9.57. The number of hydrogen-bond donors (Lipinski definition) is 1. The van der Waals surface area contributed by atoms with Crippen LogP contribution in [-0.2, 0) is 9.59 Å². The van der Waals surface area contributed by atoms with Gasteiger partial charge in [0.05, 0.1) is 18.6 Å². The maximum Gasteiger partial charge on any atom is 0.293 e. The van der Waals surface area contributed by atoms with Gasteiger partial charge in [0.25, 0.3) is 11.1 Å². The van der Waals surface area contributed by atoms with E-state index in [0.717, 1.165) is 54.3 Å². The van der Waals surface area contributed by atoms with Crippen molar-refractivity contribution in [1.82, 2.24) is 15.1 Å². The Balaban J connectivity index is 1.20. The summed E-state index contributed by atoms with van der Waals surface area (Å²) in [4.78, 5) is 43.2. The van der Waals surface area contributed by atoms with Crippen LogP contribution in [0.25, 0.3) is 6.08 Å². The molecule has 2 aliphatic rings. The molecule has 2 heterocycles. The molecule has 0 aromatic heterocycles. The molecule has 2 fully saturated rings. The van der Waals surface area contributed by atoms with Gasteiger partial charge in [-0.1, -0.05) is 29.8 Å². The van der Waals surface area contributed by atoms with Gasteiger partial charge in [-0.3, -0.25) is 24.2 Å². The number of anilines is 1.